The second-order valence-corrected chi connectivity index (χ2v) is 9.65. The number of fused-ring (bicyclic) bond motifs is 1. The Hall–Kier alpha value is -4.50. The minimum atomic E-state index is -1.62. The molecule has 1 heterocycles. The highest BCUT2D eigenvalue weighted by molar-refractivity contribution is 5.95. The third-order valence-corrected chi connectivity index (χ3v) is 6.37. The number of carbonyl (C=O) groups excluding carboxylic acids is 5. The molecule has 0 bridgehead atoms. The van der Waals surface area contributed by atoms with Crippen molar-refractivity contribution < 1.29 is 33.9 Å². The number of unbranched alkanes of at least 4 members (excludes halogenated alkanes) is 1. The number of carboxylic acid groups (broad SMARTS) is 1. The number of rotatable bonds is 18. The van der Waals surface area contributed by atoms with Gasteiger partial charge < -0.3 is 49.0 Å². The lowest BCUT2D eigenvalue weighted by Crippen LogP contribution is -2.57. The highest BCUT2D eigenvalue weighted by atomic mass is 16.4. The van der Waals surface area contributed by atoms with E-state index in [4.69, 9.17) is 22.9 Å². The van der Waals surface area contributed by atoms with Crippen LogP contribution in [0.3, 0.4) is 0 Å². The number of carboxylic acids is 1. The van der Waals surface area contributed by atoms with Crippen molar-refractivity contribution in [3.63, 3.8) is 0 Å². The quantitative estimate of drug-likeness (QED) is 0.0876. The van der Waals surface area contributed by atoms with Crippen LogP contribution in [0.5, 0.6) is 0 Å². The molecule has 224 valence electrons. The molecular weight excluding hydrogens is 536 g/mol. The van der Waals surface area contributed by atoms with Crippen LogP contribution < -0.4 is 38.9 Å². The summed E-state index contributed by atoms with van der Waals surface area (Å²) >= 11 is 0. The predicted molar refractivity (Wildman–Crippen MR) is 149 cm³/mol. The zero-order valence-corrected chi connectivity index (χ0v) is 22.6. The van der Waals surface area contributed by atoms with Crippen molar-refractivity contribution in [3.05, 3.63) is 36.0 Å². The number of hydrogen-bond acceptors (Lipinski definition) is 8. The number of aromatic nitrogens is 1. The molecule has 1 aromatic carbocycles. The number of carbonyl (C=O) groups is 6. The van der Waals surface area contributed by atoms with Gasteiger partial charge in [-0.05, 0) is 43.9 Å². The summed E-state index contributed by atoms with van der Waals surface area (Å²) in [5, 5.41) is 17.7. The van der Waals surface area contributed by atoms with E-state index in [-0.39, 0.29) is 25.7 Å². The SMILES string of the molecule is NCCCCC(NC(=O)C(N)CCC(N)=O)C(=O)NC(Cc1c[nH]c2ccccc12)C(=O)NC(CC(N)=O)C(=O)O. The van der Waals surface area contributed by atoms with E-state index in [0.717, 1.165) is 10.9 Å². The Kier molecular flexibility index (Phi) is 12.7. The van der Waals surface area contributed by atoms with E-state index >= 15 is 0 Å². The lowest BCUT2D eigenvalue weighted by molar-refractivity contribution is -0.143. The van der Waals surface area contributed by atoms with Crippen molar-refractivity contribution >= 4 is 46.4 Å². The molecule has 2 rings (SSSR count). The highest BCUT2D eigenvalue weighted by Crippen LogP contribution is 2.19. The fraction of sp³-hybridized carbons (Fsp3) is 0.462. The first-order valence-corrected chi connectivity index (χ1v) is 13.1. The minimum absolute atomic E-state index is 0.0274. The molecule has 0 fully saturated rings. The molecule has 0 aliphatic carbocycles. The van der Waals surface area contributed by atoms with E-state index in [9.17, 15) is 33.9 Å². The van der Waals surface area contributed by atoms with Crippen molar-refractivity contribution in [2.75, 3.05) is 6.54 Å². The number of primary amides is 2. The monoisotopic (exact) mass is 574 g/mol. The molecule has 0 saturated carbocycles. The van der Waals surface area contributed by atoms with E-state index in [2.05, 4.69) is 20.9 Å². The maximum absolute atomic E-state index is 13.4. The van der Waals surface area contributed by atoms with Crippen LogP contribution in [0.25, 0.3) is 10.9 Å². The maximum atomic E-state index is 13.4. The molecule has 0 radical (unpaired) electrons. The van der Waals surface area contributed by atoms with Gasteiger partial charge in [0.2, 0.25) is 29.5 Å². The average Bonchev–Trinajstić information content (AvgIpc) is 3.32. The Balaban J connectivity index is 2.30. The number of nitrogens with one attached hydrogen (secondary N) is 4. The van der Waals surface area contributed by atoms with E-state index in [1.165, 1.54) is 0 Å². The number of H-pyrrole nitrogens is 1. The Bertz CT molecular complexity index is 1250. The predicted octanol–water partition coefficient (Wildman–Crippen LogP) is -2.15. The first kappa shape index (κ1) is 32.7. The summed E-state index contributed by atoms with van der Waals surface area (Å²) in [5.41, 5.74) is 23.1. The molecule has 41 heavy (non-hydrogen) atoms. The van der Waals surface area contributed by atoms with Gasteiger partial charge in [0.05, 0.1) is 12.5 Å². The van der Waals surface area contributed by atoms with Gasteiger partial charge in [0.1, 0.15) is 18.1 Å². The largest absolute Gasteiger partial charge is 0.480 e. The summed E-state index contributed by atoms with van der Waals surface area (Å²) in [7, 11) is 0. The van der Waals surface area contributed by atoms with Gasteiger partial charge in [-0.15, -0.1) is 0 Å². The van der Waals surface area contributed by atoms with Gasteiger partial charge in [-0.2, -0.15) is 0 Å². The first-order chi connectivity index (χ1) is 19.4. The van der Waals surface area contributed by atoms with Gasteiger partial charge in [0, 0.05) is 29.9 Å². The number of aliphatic carboxylic acids is 1. The average molecular weight is 575 g/mol. The summed E-state index contributed by atoms with van der Waals surface area (Å²) in [6.07, 6.45) is 1.99. The molecule has 1 aromatic heterocycles. The number of aromatic amines is 1. The van der Waals surface area contributed by atoms with Crippen LogP contribution in [-0.2, 0) is 35.2 Å². The van der Waals surface area contributed by atoms with Gasteiger partial charge in [-0.1, -0.05) is 18.2 Å². The third-order valence-electron chi connectivity index (χ3n) is 6.37. The summed E-state index contributed by atoms with van der Waals surface area (Å²) in [4.78, 5) is 76.5. The molecule has 0 aliphatic heterocycles. The molecule has 0 spiro atoms. The molecule has 15 nitrogen and oxygen atoms in total. The standard InChI is InChI=1S/C26H38N8O7/c27-10-4-3-7-18(32-23(37)16(28)8-9-21(29)35)24(38)33-19(25(39)34-20(26(40)41)12-22(30)36)11-14-13-31-17-6-2-1-5-15(14)17/h1-2,5-6,13,16,18-20,31H,3-4,7-12,27-28H2,(H2,29,35)(H2,30,36)(H,32,37)(H,33,38)(H,34,39)(H,40,41). The van der Waals surface area contributed by atoms with Gasteiger partial charge >= 0.3 is 5.97 Å². The van der Waals surface area contributed by atoms with Gasteiger partial charge in [0.15, 0.2) is 0 Å². The smallest absolute Gasteiger partial charge is 0.326 e. The van der Waals surface area contributed by atoms with Crippen molar-refractivity contribution in [1.29, 1.82) is 0 Å². The molecule has 0 saturated heterocycles. The summed E-state index contributed by atoms with van der Waals surface area (Å²) in [5.74, 6) is -5.34. The van der Waals surface area contributed by atoms with Crippen LogP contribution in [0.4, 0.5) is 0 Å². The van der Waals surface area contributed by atoms with E-state index < -0.39 is 66.1 Å². The highest BCUT2D eigenvalue weighted by Gasteiger charge is 2.31. The van der Waals surface area contributed by atoms with Gasteiger partial charge in [-0.25, -0.2) is 4.79 Å². The molecule has 13 N–H and O–H groups in total. The van der Waals surface area contributed by atoms with Crippen molar-refractivity contribution in [1.82, 2.24) is 20.9 Å². The number of benzene rings is 1. The molecule has 4 atom stereocenters. The second-order valence-electron chi connectivity index (χ2n) is 9.65. The number of hydrogen-bond donors (Lipinski definition) is 9. The van der Waals surface area contributed by atoms with Crippen molar-refractivity contribution in [2.24, 2.45) is 22.9 Å². The Morgan fingerprint density at radius 2 is 1.46 bits per heavy atom. The topological polar surface area (TPSA) is 279 Å². The molecule has 4 unspecified atom stereocenters. The van der Waals surface area contributed by atoms with Crippen molar-refractivity contribution in [2.45, 2.75) is 69.1 Å². The van der Waals surface area contributed by atoms with E-state index in [1.807, 2.05) is 18.2 Å². The molecule has 5 amide bonds. The molecular formula is C26H38N8O7. The van der Waals surface area contributed by atoms with Gasteiger partial charge in [-0.3, -0.25) is 24.0 Å². The number of nitrogens with two attached hydrogens (primary N) is 4. The fourth-order valence-corrected chi connectivity index (χ4v) is 4.14. The normalized spacial score (nSPS) is 13.9. The second kappa shape index (κ2) is 15.9. The Morgan fingerprint density at radius 3 is 2.10 bits per heavy atom. The Morgan fingerprint density at radius 1 is 0.829 bits per heavy atom. The summed E-state index contributed by atoms with van der Waals surface area (Å²) in [6.45, 7) is 0.350. The Labute approximate surface area is 236 Å². The van der Waals surface area contributed by atoms with Crippen LogP contribution in [0.1, 0.15) is 44.1 Å². The zero-order chi connectivity index (χ0) is 30.5. The maximum Gasteiger partial charge on any atom is 0.326 e. The minimum Gasteiger partial charge on any atom is -0.480 e. The van der Waals surface area contributed by atoms with Crippen LogP contribution >= 0.6 is 0 Å². The van der Waals surface area contributed by atoms with E-state index in [0.29, 0.717) is 24.9 Å². The number of amides is 5. The lowest BCUT2D eigenvalue weighted by atomic mass is 10.0. The van der Waals surface area contributed by atoms with Crippen LogP contribution in [0.2, 0.25) is 0 Å². The first-order valence-electron chi connectivity index (χ1n) is 13.1. The summed E-state index contributed by atoms with van der Waals surface area (Å²) in [6, 6.07) is 2.11. The van der Waals surface area contributed by atoms with Crippen molar-refractivity contribution in [3.8, 4) is 0 Å². The van der Waals surface area contributed by atoms with E-state index in [1.54, 1.807) is 12.3 Å². The fourth-order valence-electron chi connectivity index (χ4n) is 4.14. The van der Waals surface area contributed by atoms with Crippen LogP contribution in [-0.4, -0.2) is 76.3 Å². The summed E-state index contributed by atoms with van der Waals surface area (Å²) < 4.78 is 0. The lowest BCUT2D eigenvalue weighted by Gasteiger charge is -2.25. The zero-order valence-electron chi connectivity index (χ0n) is 22.6. The molecule has 2 aromatic rings. The molecule has 0 aliphatic rings. The molecule has 15 heteroatoms. The van der Waals surface area contributed by atoms with Gasteiger partial charge in [0.25, 0.3) is 0 Å². The number of para-hydroxylation sites is 1. The van der Waals surface area contributed by atoms with Crippen LogP contribution in [0, 0.1) is 0 Å². The van der Waals surface area contributed by atoms with Crippen LogP contribution in [0.15, 0.2) is 30.5 Å². The third kappa shape index (κ3) is 10.5.